The van der Waals surface area contributed by atoms with Gasteiger partial charge in [-0.25, -0.2) is 9.37 Å². The van der Waals surface area contributed by atoms with Crippen molar-refractivity contribution in [2.75, 3.05) is 0 Å². The number of fused-ring (bicyclic) bond motifs is 9. The first-order valence-electron chi connectivity index (χ1n) is 12.9. The molecule has 0 radical (unpaired) electrons. The Bertz CT molecular complexity index is 1780. The van der Waals surface area contributed by atoms with Crippen LogP contribution in [0.3, 0.4) is 0 Å². The first-order valence-corrected chi connectivity index (χ1v) is 12.9. The fourth-order valence-electron chi connectivity index (χ4n) is 6.51. The van der Waals surface area contributed by atoms with Crippen LogP contribution in [-0.2, 0) is 5.54 Å². The summed E-state index contributed by atoms with van der Waals surface area (Å²) in [5.41, 5.74) is 3.26. The van der Waals surface area contributed by atoms with Crippen LogP contribution in [0.5, 0.6) is 5.75 Å². The number of nitrogens with zero attached hydrogens (tertiary/aromatic N) is 3. The molecular weight excluding hydrogens is 568 g/mol. The van der Waals surface area contributed by atoms with Gasteiger partial charge in [0.15, 0.2) is 5.60 Å². The van der Waals surface area contributed by atoms with Gasteiger partial charge in [-0.05, 0) is 42.3 Å². The Labute approximate surface area is 233 Å². The molecule has 3 aliphatic rings. The van der Waals surface area contributed by atoms with E-state index in [2.05, 4.69) is 15.3 Å². The van der Waals surface area contributed by atoms with Gasteiger partial charge in [0.25, 0.3) is 5.91 Å². The van der Waals surface area contributed by atoms with Gasteiger partial charge >= 0.3 is 12.8 Å². The van der Waals surface area contributed by atoms with Crippen molar-refractivity contribution < 1.29 is 41.0 Å². The van der Waals surface area contributed by atoms with E-state index >= 15 is 4.39 Å². The topological polar surface area (TPSA) is 115 Å². The second-order valence-corrected chi connectivity index (χ2v) is 11.0. The lowest BCUT2D eigenvalue weighted by atomic mass is 9.63. The number of benzene rings is 2. The van der Waals surface area contributed by atoms with Gasteiger partial charge in [-0.15, -0.1) is 0 Å². The molecule has 2 atom stereocenters. The number of aliphatic hydroxyl groups is 1. The van der Waals surface area contributed by atoms with E-state index in [1.807, 2.05) is 4.57 Å². The van der Waals surface area contributed by atoms with Gasteiger partial charge in [0, 0.05) is 35.7 Å². The van der Waals surface area contributed by atoms with E-state index in [0.29, 0.717) is 40.0 Å². The van der Waals surface area contributed by atoms with Crippen molar-refractivity contribution in [3.8, 4) is 16.9 Å². The van der Waals surface area contributed by atoms with E-state index in [1.165, 1.54) is 24.4 Å². The number of hydrogen-bond donors (Lipinski definition) is 3. The molecule has 4 heterocycles. The third-order valence-electron chi connectivity index (χ3n) is 8.35. The molecule has 1 aliphatic carbocycles. The number of aromatic nitrogens is 3. The summed E-state index contributed by atoms with van der Waals surface area (Å²) in [6.07, 6.45) is -5.11. The van der Waals surface area contributed by atoms with E-state index in [9.17, 15) is 31.9 Å². The molecular formula is C28H21F6N5O3. The van der Waals surface area contributed by atoms with Gasteiger partial charge in [0.2, 0.25) is 0 Å². The summed E-state index contributed by atoms with van der Waals surface area (Å²) in [6.45, 7) is -3.11. The Balaban J connectivity index is 1.28. The van der Waals surface area contributed by atoms with Gasteiger partial charge < -0.3 is 25.5 Å². The molecule has 14 heteroatoms. The highest BCUT2D eigenvalue weighted by atomic mass is 19.4. The molecule has 42 heavy (non-hydrogen) atoms. The van der Waals surface area contributed by atoms with Gasteiger partial charge in [0.05, 0.1) is 34.3 Å². The van der Waals surface area contributed by atoms with E-state index in [-0.39, 0.29) is 17.0 Å². The standard InChI is InChI=1S/C28H21F6N5O3/c29-15-6-13(9-36-22(15)26(35)10-27(41,11-26)28(32,33)34)12-4-5-16-18(7-12)39-19-8-17(23(39)37-16)38-24(40)14-2-1-3-20(21(14)19)42-25(30)31/h1-7,9,17,19,25,41H,8,10-11,35H2,(H,38,40). The predicted molar refractivity (Wildman–Crippen MR) is 135 cm³/mol. The Morgan fingerprint density at radius 3 is 2.60 bits per heavy atom. The van der Waals surface area contributed by atoms with Crippen LogP contribution >= 0.6 is 0 Å². The lowest BCUT2D eigenvalue weighted by Crippen LogP contribution is -2.66. The summed E-state index contributed by atoms with van der Waals surface area (Å²) in [7, 11) is 0. The lowest BCUT2D eigenvalue weighted by molar-refractivity contribution is -0.304. The quantitative estimate of drug-likeness (QED) is 0.293. The Morgan fingerprint density at radius 1 is 1.14 bits per heavy atom. The molecule has 4 N–H and O–H groups in total. The fraction of sp³-hybridized carbons (Fsp3) is 0.321. The summed E-state index contributed by atoms with van der Waals surface area (Å²) < 4.78 is 87.7. The number of amides is 1. The predicted octanol–water partition coefficient (Wildman–Crippen LogP) is 4.86. The van der Waals surface area contributed by atoms with Gasteiger partial charge in [0.1, 0.15) is 17.4 Å². The molecule has 2 aromatic carbocycles. The molecule has 0 saturated heterocycles. The minimum atomic E-state index is -4.90. The molecule has 2 aromatic heterocycles. The summed E-state index contributed by atoms with van der Waals surface area (Å²) >= 11 is 0. The Kier molecular flexibility index (Phi) is 5.52. The van der Waals surface area contributed by atoms with Crippen LogP contribution in [0.1, 0.15) is 58.8 Å². The van der Waals surface area contributed by atoms with E-state index in [1.54, 1.807) is 18.2 Å². The third kappa shape index (κ3) is 3.81. The normalized spacial score (nSPS) is 26.5. The van der Waals surface area contributed by atoms with Crippen LogP contribution in [0, 0.1) is 5.82 Å². The van der Waals surface area contributed by atoms with Crippen LogP contribution in [-0.4, -0.2) is 43.9 Å². The maximum atomic E-state index is 15.2. The first-order chi connectivity index (χ1) is 19.8. The number of carbonyl (C=O) groups excluding carboxylic acids is 1. The van der Waals surface area contributed by atoms with Gasteiger partial charge in [-0.3, -0.25) is 9.78 Å². The van der Waals surface area contributed by atoms with Crippen molar-refractivity contribution in [1.82, 2.24) is 19.9 Å². The number of nitrogens with two attached hydrogens (primary N) is 1. The van der Waals surface area contributed by atoms with Crippen molar-refractivity contribution in [2.24, 2.45) is 5.73 Å². The van der Waals surface area contributed by atoms with Gasteiger partial charge in [-0.2, -0.15) is 22.0 Å². The van der Waals surface area contributed by atoms with Crippen LogP contribution in [0.4, 0.5) is 26.3 Å². The molecule has 2 aliphatic heterocycles. The molecule has 218 valence electrons. The van der Waals surface area contributed by atoms with Crippen molar-refractivity contribution >= 4 is 16.9 Å². The average molecular weight is 589 g/mol. The van der Waals surface area contributed by atoms with Crippen LogP contribution in [0.15, 0.2) is 48.7 Å². The van der Waals surface area contributed by atoms with E-state index < -0.39 is 60.6 Å². The number of rotatable bonds is 4. The number of ether oxygens (including phenoxy) is 1. The zero-order valence-corrected chi connectivity index (χ0v) is 21.4. The molecule has 4 aromatic rings. The van der Waals surface area contributed by atoms with E-state index in [4.69, 9.17) is 10.5 Å². The fourth-order valence-corrected chi connectivity index (χ4v) is 6.51. The summed E-state index contributed by atoms with van der Waals surface area (Å²) in [5.74, 6) is -0.962. The Morgan fingerprint density at radius 2 is 1.90 bits per heavy atom. The Hall–Kier alpha value is -4.17. The second kappa shape index (κ2) is 8.67. The SMILES string of the molecule is NC1(c2ncc(-c3ccc4nc5n(c4c3)C3CC5NC(=O)c4cccc(OC(F)F)c43)cc2F)CC(O)(C(F)(F)F)C1. The van der Waals surface area contributed by atoms with Crippen LogP contribution < -0.4 is 15.8 Å². The van der Waals surface area contributed by atoms with E-state index in [0.717, 1.165) is 6.07 Å². The molecule has 2 bridgehead atoms. The third-order valence-corrected chi connectivity index (χ3v) is 8.35. The molecule has 7 rings (SSSR count). The summed E-state index contributed by atoms with van der Waals surface area (Å²) in [4.78, 5) is 21.6. The zero-order chi connectivity index (χ0) is 29.8. The highest BCUT2D eigenvalue weighted by Crippen LogP contribution is 2.54. The monoisotopic (exact) mass is 589 g/mol. The van der Waals surface area contributed by atoms with Crippen LogP contribution in [0.25, 0.3) is 22.2 Å². The highest BCUT2D eigenvalue weighted by molar-refractivity contribution is 5.98. The van der Waals surface area contributed by atoms with Crippen molar-refractivity contribution in [3.05, 3.63) is 77.1 Å². The molecule has 0 spiro atoms. The van der Waals surface area contributed by atoms with Crippen molar-refractivity contribution in [3.63, 3.8) is 0 Å². The van der Waals surface area contributed by atoms with Crippen molar-refractivity contribution in [2.45, 2.75) is 55.3 Å². The lowest BCUT2D eigenvalue weighted by Gasteiger charge is -2.51. The van der Waals surface area contributed by atoms with Crippen LogP contribution in [0.2, 0.25) is 0 Å². The van der Waals surface area contributed by atoms with Crippen molar-refractivity contribution in [1.29, 1.82) is 0 Å². The largest absolute Gasteiger partial charge is 0.434 e. The first kappa shape index (κ1) is 26.7. The minimum Gasteiger partial charge on any atom is -0.434 e. The molecule has 8 nitrogen and oxygen atoms in total. The number of imidazole rings is 1. The highest BCUT2D eigenvalue weighted by Gasteiger charge is 2.67. The summed E-state index contributed by atoms with van der Waals surface area (Å²) in [6, 6.07) is 9.45. The number of pyridine rings is 1. The minimum absolute atomic E-state index is 0.125. The molecule has 1 amide bonds. The molecule has 2 unspecified atom stereocenters. The number of alkyl halides is 5. The molecule has 1 saturated carbocycles. The smallest absolute Gasteiger partial charge is 0.417 e. The second-order valence-electron chi connectivity index (χ2n) is 11.0. The number of nitrogens with one attached hydrogen (secondary N) is 1. The maximum Gasteiger partial charge on any atom is 0.417 e. The maximum absolute atomic E-state index is 15.2. The number of halogens is 6. The number of hydrogen-bond acceptors (Lipinski definition) is 6. The van der Waals surface area contributed by atoms with Gasteiger partial charge in [-0.1, -0.05) is 12.1 Å². The summed E-state index contributed by atoms with van der Waals surface area (Å²) in [5, 5.41) is 12.7. The zero-order valence-electron chi connectivity index (χ0n) is 21.4. The number of carbonyl (C=O) groups is 1. The molecule has 1 fully saturated rings. The average Bonchev–Trinajstić information content (AvgIpc) is 3.38.